The monoisotopic (exact) mass is 344 g/mol. The fourth-order valence-corrected chi connectivity index (χ4v) is 4.47. The molecule has 0 aliphatic carbocycles. The van der Waals surface area contributed by atoms with Crippen molar-refractivity contribution in [1.82, 2.24) is 4.31 Å². The molecular weight excluding hydrogens is 320 g/mol. The molecule has 1 saturated heterocycles. The minimum absolute atomic E-state index is 0.398. The van der Waals surface area contributed by atoms with E-state index in [1.807, 2.05) is 19.9 Å². The fraction of sp³-hybridized carbons (Fsp3) is 0.368. The van der Waals surface area contributed by atoms with Gasteiger partial charge in [0.2, 0.25) is 10.0 Å². The average molecular weight is 344 g/mol. The van der Waals surface area contributed by atoms with Crippen LogP contribution in [0.5, 0.6) is 0 Å². The first-order chi connectivity index (χ1) is 11.4. The van der Waals surface area contributed by atoms with E-state index in [4.69, 9.17) is 0 Å². The second-order valence-electron chi connectivity index (χ2n) is 6.47. The van der Waals surface area contributed by atoms with Gasteiger partial charge in [-0.1, -0.05) is 23.8 Å². The van der Waals surface area contributed by atoms with E-state index < -0.39 is 10.0 Å². The quantitative estimate of drug-likeness (QED) is 0.859. The van der Waals surface area contributed by atoms with Crippen LogP contribution in [-0.4, -0.2) is 38.9 Å². The summed E-state index contributed by atoms with van der Waals surface area (Å²) in [5.74, 6) is 0. The lowest BCUT2D eigenvalue weighted by Crippen LogP contribution is -2.48. The van der Waals surface area contributed by atoms with E-state index in [0.29, 0.717) is 31.1 Å². The number of benzene rings is 2. The number of anilines is 1. The van der Waals surface area contributed by atoms with Crippen LogP contribution in [0.3, 0.4) is 0 Å². The predicted octanol–water partition coefficient (Wildman–Crippen LogP) is 3.12. The number of aryl methyl sites for hydroxylation is 3. The molecule has 0 unspecified atom stereocenters. The van der Waals surface area contributed by atoms with E-state index in [-0.39, 0.29) is 0 Å². The number of nitrogens with zero attached hydrogens (tertiary/aromatic N) is 2. The topological polar surface area (TPSA) is 40.6 Å². The average Bonchev–Trinajstić information content (AvgIpc) is 2.58. The molecule has 0 N–H and O–H groups in total. The lowest BCUT2D eigenvalue weighted by molar-refractivity contribution is 0.385. The van der Waals surface area contributed by atoms with E-state index in [2.05, 4.69) is 36.1 Å². The van der Waals surface area contributed by atoms with Gasteiger partial charge >= 0.3 is 0 Å². The normalized spacial score (nSPS) is 16.4. The Morgan fingerprint density at radius 1 is 0.792 bits per heavy atom. The third kappa shape index (κ3) is 3.32. The summed E-state index contributed by atoms with van der Waals surface area (Å²) < 4.78 is 27.3. The van der Waals surface area contributed by atoms with Crippen LogP contribution in [-0.2, 0) is 10.0 Å². The van der Waals surface area contributed by atoms with Crippen LogP contribution in [0.15, 0.2) is 47.4 Å². The van der Waals surface area contributed by atoms with Crippen molar-refractivity contribution >= 4 is 15.7 Å². The van der Waals surface area contributed by atoms with Gasteiger partial charge in [0, 0.05) is 31.9 Å². The van der Waals surface area contributed by atoms with Gasteiger partial charge in [0.15, 0.2) is 0 Å². The summed E-state index contributed by atoms with van der Waals surface area (Å²) in [6.07, 6.45) is 0. The number of piperazine rings is 1. The standard InChI is InChI=1S/C19H24N2O2S/c1-15-4-7-18(8-5-15)20-10-12-21(13-11-20)24(22,23)19-9-6-16(2)17(3)14-19/h4-9,14H,10-13H2,1-3H3. The summed E-state index contributed by atoms with van der Waals surface area (Å²) in [7, 11) is -3.41. The molecule has 0 atom stereocenters. The molecule has 0 aromatic heterocycles. The van der Waals surface area contributed by atoms with Gasteiger partial charge in [0.25, 0.3) is 0 Å². The SMILES string of the molecule is Cc1ccc(N2CCN(S(=O)(=O)c3ccc(C)c(C)c3)CC2)cc1. The second kappa shape index (κ2) is 6.57. The predicted molar refractivity (Wildman–Crippen MR) is 98.1 cm³/mol. The van der Waals surface area contributed by atoms with Gasteiger partial charge in [-0.2, -0.15) is 4.31 Å². The molecule has 0 spiro atoms. The first-order valence-corrected chi connectivity index (χ1v) is 9.71. The molecule has 2 aromatic rings. The number of sulfonamides is 1. The van der Waals surface area contributed by atoms with Gasteiger partial charge in [0.05, 0.1) is 4.90 Å². The van der Waals surface area contributed by atoms with Crippen molar-refractivity contribution in [3.63, 3.8) is 0 Å². The molecule has 3 rings (SSSR count). The maximum Gasteiger partial charge on any atom is 0.243 e. The highest BCUT2D eigenvalue weighted by Gasteiger charge is 2.28. The van der Waals surface area contributed by atoms with Crippen LogP contribution in [0.1, 0.15) is 16.7 Å². The van der Waals surface area contributed by atoms with Gasteiger partial charge in [-0.05, 0) is 56.2 Å². The minimum atomic E-state index is -3.41. The summed E-state index contributed by atoms with van der Waals surface area (Å²) in [4.78, 5) is 2.64. The van der Waals surface area contributed by atoms with Gasteiger partial charge in [-0.3, -0.25) is 0 Å². The van der Waals surface area contributed by atoms with Crippen LogP contribution in [0.25, 0.3) is 0 Å². The van der Waals surface area contributed by atoms with Crippen molar-refractivity contribution in [2.75, 3.05) is 31.1 Å². The number of rotatable bonds is 3. The zero-order chi connectivity index (χ0) is 17.3. The molecule has 0 amide bonds. The lowest BCUT2D eigenvalue weighted by Gasteiger charge is -2.35. The maximum atomic E-state index is 12.8. The second-order valence-corrected chi connectivity index (χ2v) is 8.41. The Balaban J connectivity index is 1.73. The molecule has 1 aliphatic heterocycles. The Morgan fingerprint density at radius 3 is 2.00 bits per heavy atom. The van der Waals surface area contributed by atoms with Gasteiger partial charge < -0.3 is 4.90 Å². The van der Waals surface area contributed by atoms with E-state index in [1.54, 1.807) is 16.4 Å². The van der Waals surface area contributed by atoms with Gasteiger partial charge in [-0.15, -0.1) is 0 Å². The molecule has 4 nitrogen and oxygen atoms in total. The molecule has 1 heterocycles. The highest BCUT2D eigenvalue weighted by Crippen LogP contribution is 2.23. The van der Waals surface area contributed by atoms with Gasteiger partial charge in [0.1, 0.15) is 0 Å². The third-order valence-electron chi connectivity index (χ3n) is 4.75. The van der Waals surface area contributed by atoms with Crippen LogP contribution in [0.2, 0.25) is 0 Å². The Labute approximate surface area is 144 Å². The largest absolute Gasteiger partial charge is 0.369 e. The van der Waals surface area contributed by atoms with Crippen molar-refractivity contribution in [1.29, 1.82) is 0 Å². The van der Waals surface area contributed by atoms with Crippen molar-refractivity contribution in [2.24, 2.45) is 0 Å². The molecule has 1 aliphatic rings. The lowest BCUT2D eigenvalue weighted by atomic mass is 10.1. The minimum Gasteiger partial charge on any atom is -0.369 e. The maximum absolute atomic E-state index is 12.8. The summed E-state index contributed by atoms with van der Waals surface area (Å²) in [6.45, 7) is 8.47. The van der Waals surface area contributed by atoms with E-state index in [9.17, 15) is 8.42 Å². The molecule has 0 bridgehead atoms. The molecule has 128 valence electrons. The zero-order valence-corrected chi connectivity index (χ0v) is 15.3. The summed E-state index contributed by atoms with van der Waals surface area (Å²) in [5, 5.41) is 0. The van der Waals surface area contributed by atoms with Crippen LogP contribution in [0.4, 0.5) is 5.69 Å². The smallest absolute Gasteiger partial charge is 0.243 e. The van der Waals surface area contributed by atoms with Crippen molar-refractivity contribution in [3.05, 3.63) is 59.2 Å². The number of hydrogen-bond donors (Lipinski definition) is 0. The Kier molecular flexibility index (Phi) is 4.65. The van der Waals surface area contributed by atoms with Crippen molar-refractivity contribution in [2.45, 2.75) is 25.7 Å². The Morgan fingerprint density at radius 2 is 1.42 bits per heavy atom. The Hall–Kier alpha value is -1.85. The highest BCUT2D eigenvalue weighted by atomic mass is 32.2. The first-order valence-electron chi connectivity index (χ1n) is 8.27. The zero-order valence-electron chi connectivity index (χ0n) is 14.5. The molecule has 0 saturated carbocycles. The van der Waals surface area contributed by atoms with Crippen LogP contribution in [0, 0.1) is 20.8 Å². The first kappa shape index (κ1) is 17.0. The van der Waals surface area contributed by atoms with E-state index in [0.717, 1.165) is 16.8 Å². The molecular formula is C19H24N2O2S. The van der Waals surface area contributed by atoms with Gasteiger partial charge in [-0.25, -0.2) is 8.42 Å². The summed E-state index contributed by atoms with van der Waals surface area (Å²) in [6, 6.07) is 13.7. The van der Waals surface area contributed by atoms with Crippen molar-refractivity contribution in [3.8, 4) is 0 Å². The van der Waals surface area contributed by atoms with Crippen LogP contribution < -0.4 is 4.90 Å². The summed E-state index contributed by atoms with van der Waals surface area (Å²) in [5.41, 5.74) is 4.51. The molecule has 0 radical (unpaired) electrons. The third-order valence-corrected chi connectivity index (χ3v) is 6.65. The fourth-order valence-electron chi connectivity index (χ4n) is 2.97. The highest BCUT2D eigenvalue weighted by molar-refractivity contribution is 7.89. The summed E-state index contributed by atoms with van der Waals surface area (Å²) >= 11 is 0. The Bertz CT molecular complexity index is 821. The molecule has 2 aromatic carbocycles. The van der Waals surface area contributed by atoms with Crippen molar-refractivity contribution < 1.29 is 8.42 Å². The van der Waals surface area contributed by atoms with Crippen LogP contribution >= 0.6 is 0 Å². The van der Waals surface area contributed by atoms with E-state index in [1.165, 1.54) is 5.56 Å². The molecule has 24 heavy (non-hydrogen) atoms. The van der Waals surface area contributed by atoms with E-state index >= 15 is 0 Å². The molecule has 1 fully saturated rings. The molecule has 5 heteroatoms. The number of hydrogen-bond acceptors (Lipinski definition) is 3.